The number of phenolic OH excluding ortho intramolecular Hbond substituents is 1. The highest BCUT2D eigenvalue weighted by Crippen LogP contribution is 2.32. The Morgan fingerprint density at radius 3 is 2.09 bits per heavy atom. The summed E-state index contributed by atoms with van der Waals surface area (Å²) in [6, 6.07) is 17.2. The fourth-order valence-electron chi connectivity index (χ4n) is 2.02. The Morgan fingerprint density at radius 2 is 1.41 bits per heavy atom. The van der Waals surface area contributed by atoms with Crippen LogP contribution in [0.4, 0.5) is 0 Å². The fraction of sp³-hybridized carbons (Fsp3) is 0. The zero-order valence-corrected chi connectivity index (χ0v) is 12.1. The summed E-state index contributed by atoms with van der Waals surface area (Å²) in [7, 11) is -4.67. The first kappa shape index (κ1) is 15.9. The third kappa shape index (κ3) is 4.26. The van der Waals surface area contributed by atoms with Crippen LogP contribution in [-0.4, -0.2) is 27.6 Å². The molecule has 114 valence electrons. The van der Waals surface area contributed by atoms with Crippen LogP contribution in [0.2, 0.25) is 0 Å². The van der Waals surface area contributed by atoms with Crippen molar-refractivity contribution in [3.05, 3.63) is 60.8 Å². The molecule has 0 aliphatic carbocycles. The summed E-state index contributed by atoms with van der Waals surface area (Å²) < 4.78 is 31.6. The van der Waals surface area contributed by atoms with Crippen molar-refractivity contribution in [1.29, 1.82) is 0 Å². The SMILES string of the molecule is O=S(=O)(O)O.Oc1ccccc1-c1cccc2cccnc12. The first-order valence-corrected chi connectivity index (χ1v) is 7.58. The lowest BCUT2D eigenvalue weighted by Crippen LogP contribution is -1.89. The van der Waals surface area contributed by atoms with Gasteiger partial charge in [0.2, 0.25) is 0 Å². The first-order chi connectivity index (χ1) is 10.4. The van der Waals surface area contributed by atoms with E-state index in [2.05, 4.69) is 4.98 Å². The fourth-order valence-corrected chi connectivity index (χ4v) is 2.02. The van der Waals surface area contributed by atoms with E-state index >= 15 is 0 Å². The van der Waals surface area contributed by atoms with Gasteiger partial charge in [-0.1, -0.05) is 42.5 Å². The maximum absolute atomic E-state index is 9.90. The summed E-state index contributed by atoms with van der Waals surface area (Å²) in [6.07, 6.45) is 1.77. The monoisotopic (exact) mass is 319 g/mol. The van der Waals surface area contributed by atoms with Crippen LogP contribution in [0.3, 0.4) is 0 Å². The summed E-state index contributed by atoms with van der Waals surface area (Å²) in [5.41, 5.74) is 2.69. The molecule has 1 heterocycles. The van der Waals surface area contributed by atoms with E-state index in [1.165, 1.54) is 0 Å². The van der Waals surface area contributed by atoms with Gasteiger partial charge in [-0.25, -0.2) is 0 Å². The minimum Gasteiger partial charge on any atom is -0.507 e. The average molecular weight is 319 g/mol. The molecule has 1 aromatic heterocycles. The van der Waals surface area contributed by atoms with Crippen molar-refractivity contribution in [2.45, 2.75) is 0 Å². The highest BCUT2D eigenvalue weighted by atomic mass is 32.3. The summed E-state index contributed by atoms with van der Waals surface area (Å²) in [4.78, 5) is 4.39. The van der Waals surface area contributed by atoms with E-state index in [0.717, 1.165) is 22.0 Å². The number of aromatic nitrogens is 1. The summed E-state index contributed by atoms with van der Waals surface area (Å²) in [5.74, 6) is 0.283. The maximum Gasteiger partial charge on any atom is 0.394 e. The summed E-state index contributed by atoms with van der Waals surface area (Å²) >= 11 is 0. The molecule has 2 aromatic carbocycles. The lowest BCUT2D eigenvalue weighted by atomic mass is 10.0. The highest BCUT2D eigenvalue weighted by molar-refractivity contribution is 7.79. The largest absolute Gasteiger partial charge is 0.507 e. The second-order valence-corrected chi connectivity index (χ2v) is 5.24. The number of benzene rings is 2. The van der Waals surface area contributed by atoms with Gasteiger partial charge in [-0.2, -0.15) is 8.42 Å². The number of hydrogen-bond donors (Lipinski definition) is 3. The van der Waals surface area contributed by atoms with Crippen LogP contribution in [0.1, 0.15) is 0 Å². The minimum absolute atomic E-state index is 0.283. The van der Waals surface area contributed by atoms with Crippen molar-refractivity contribution in [3.63, 3.8) is 0 Å². The van der Waals surface area contributed by atoms with E-state index in [0.29, 0.717) is 0 Å². The molecule has 6 nitrogen and oxygen atoms in total. The van der Waals surface area contributed by atoms with E-state index in [1.54, 1.807) is 12.3 Å². The van der Waals surface area contributed by atoms with Crippen molar-refractivity contribution in [2.75, 3.05) is 0 Å². The van der Waals surface area contributed by atoms with Gasteiger partial charge in [0.1, 0.15) is 5.75 Å². The Bertz CT molecular complexity index is 880. The van der Waals surface area contributed by atoms with Gasteiger partial charge < -0.3 is 5.11 Å². The van der Waals surface area contributed by atoms with Gasteiger partial charge in [0.15, 0.2) is 0 Å². The standard InChI is InChI=1S/C15H11NO.H2O4S/c17-14-9-2-1-7-12(14)13-8-3-5-11-6-4-10-16-15(11)13;1-5(2,3)4/h1-10,17H;(H2,1,2,3,4). The normalized spacial score (nSPS) is 10.8. The van der Waals surface area contributed by atoms with Crippen LogP contribution in [0, 0.1) is 0 Å². The van der Waals surface area contributed by atoms with Crippen molar-refractivity contribution < 1.29 is 22.6 Å². The van der Waals surface area contributed by atoms with E-state index in [1.807, 2.05) is 48.5 Å². The predicted molar refractivity (Wildman–Crippen MR) is 83.0 cm³/mol. The lowest BCUT2D eigenvalue weighted by Gasteiger charge is -2.07. The number of rotatable bonds is 1. The number of para-hydroxylation sites is 2. The quantitative estimate of drug-likeness (QED) is 0.595. The number of phenols is 1. The van der Waals surface area contributed by atoms with E-state index < -0.39 is 10.4 Å². The Labute approximate surface area is 127 Å². The molecule has 0 aliphatic heterocycles. The molecule has 3 N–H and O–H groups in total. The molecule has 3 aromatic rings. The Hall–Kier alpha value is -2.48. The molecule has 0 saturated heterocycles. The molecule has 0 amide bonds. The predicted octanol–water partition coefficient (Wildman–Crippen LogP) is 2.95. The molecule has 0 atom stereocenters. The van der Waals surface area contributed by atoms with Gasteiger partial charge in [-0.3, -0.25) is 14.1 Å². The van der Waals surface area contributed by atoms with Gasteiger partial charge in [0, 0.05) is 22.7 Å². The maximum atomic E-state index is 9.90. The molecule has 0 aliphatic rings. The van der Waals surface area contributed by atoms with Gasteiger partial charge in [-0.15, -0.1) is 0 Å². The molecule has 0 saturated carbocycles. The molecule has 0 unspecified atom stereocenters. The van der Waals surface area contributed by atoms with Crippen LogP contribution >= 0.6 is 0 Å². The second kappa shape index (κ2) is 6.52. The highest BCUT2D eigenvalue weighted by Gasteiger charge is 2.07. The Morgan fingerprint density at radius 1 is 0.818 bits per heavy atom. The van der Waals surface area contributed by atoms with Crippen LogP contribution in [0.25, 0.3) is 22.0 Å². The molecule has 0 bridgehead atoms. The average Bonchev–Trinajstić information content (AvgIpc) is 2.46. The van der Waals surface area contributed by atoms with Gasteiger partial charge in [0.25, 0.3) is 0 Å². The van der Waals surface area contributed by atoms with Crippen molar-refractivity contribution in [3.8, 4) is 16.9 Å². The zero-order valence-electron chi connectivity index (χ0n) is 11.3. The van der Waals surface area contributed by atoms with E-state index in [9.17, 15) is 5.11 Å². The van der Waals surface area contributed by atoms with Crippen molar-refractivity contribution >= 4 is 21.3 Å². The van der Waals surface area contributed by atoms with Crippen LogP contribution in [0.5, 0.6) is 5.75 Å². The smallest absolute Gasteiger partial charge is 0.394 e. The van der Waals surface area contributed by atoms with Gasteiger partial charge >= 0.3 is 10.4 Å². The topological polar surface area (TPSA) is 108 Å². The van der Waals surface area contributed by atoms with Crippen LogP contribution < -0.4 is 0 Å². The zero-order chi connectivity index (χ0) is 16.2. The summed E-state index contributed by atoms with van der Waals surface area (Å²) in [6.45, 7) is 0. The third-order valence-corrected chi connectivity index (χ3v) is 2.83. The summed E-state index contributed by atoms with van der Waals surface area (Å²) in [5, 5.41) is 11.0. The van der Waals surface area contributed by atoms with E-state index in [-0.39, 0.29) is 5.75 Å². The Kier molecular flexibility index (Phi) is 4.71. The van der Waals surface area contributed by atoms with E-state index in [4.69, 9.17) is 17.5 Å². The van der Waals surface area contributed by atoms with Gasteiger partial charge in [0.05, 0.1) is 5.52 Å². The molecular formula is C15H13NO5S. The number of fused-ring (bicyclic) bond motifs is 1. The molecule has 0 fully saturated rings. The number of hydrogen-bond acceptors (Lipinski definition) is 4. The van der Waals surface area contributed by atoms with Gasteiger partial charge in [-0.05, 0) is 12.1 Å². The number of aromatic hydroxyl groups is 1. The molecule has 3 rings (SSSR count). The lowest BCUT2D eigenvalue weighted by molar-refractivity contribution is 0.381. The third-order valence-electron chi connectivity index (χ3n) is 2.83. The molecule has 0 radical (unpaired) electrons. The number of pyridine rings is 1. The Balaban J connectivity index is 0.000000309. The van der Waals surface area contributed by atoms with Crippen LogP contribution in [0.15, 0.2) is 60.8 Å². The van der Waals surface area contributed by atoms with Crippen molar-refractivity contribution in [1.82, 2.24) is 4.98 Å². The minimum atomic E-state index is -4.67. The second-order valence-electron chi connectivity index (χ2n) is 4.35. The first-order valence-electron chi connectivity index (χ1n) is 6.18. The number of nitrogens with zero attached hydrogens (tertiary/aromatic N) is 1. The molecule has 0 spiro atoms. The van der Waals surface area contributed by atoms with Crippen molar-refractivity contribution in [2.24, 2.45) is 0 Å². The molecule has 7 heteroatoms. The molecule has 22 heavy (non-hydrogen) atoms. The van der Waals surface area contributed by atoms with Crippen LogP contribution in [-0.2, 0) is 10.4 Å². The molecular weight excluding hydrogens is 306 g/mol.